The normalized spacial score (nSPS) is 18.5. The second-order valence-corrected chi connectivity index (χ2v) is 5.56. The Hall–Kier alpha value is -0.980. The maximum atomic E-state index is 8.83. The average molecular weight is 328 g/mol. The lowest BCUT2D eigenvalue weighted by atomic mass is 10.1. The van der Waals surface area contributed by atoms with E-state index in [0.717, 1.165) is 35.3 Å². The molecule has 1 unspecified atom stereocenters. The van der Waals surface area contributed by atoms with Crippen LogP contribution in [0, 0.1) is 0 Å². The first-order valence-corrected chi connectivity index (χ1v) is 7.12. The van der Waals surface area contributed by atoms with Crippen molar-refractivity contribution in [2.45, 2.75) is 18.9 Å². The quantitative estimate of drug-likeness (QED) is 0.863. The van der Waals surface area contributed by atoms with Gasteiger partial charge in [-0.05, 0) is 35.1 Å². The molecule has 0 bridgehead atoms. The van der Waals surface area contributed by atoms with Crippen molar-refractivity contribution < 1.29 is 9.94 Å². The molecule has 0 saturated carbocycles. The monoisotopic (exact) mass is 327 g/mol. The van der Waals surface area contributed by atoms with Crippen molar-refractivity contribution in [3.8, 4) is 0 Å². The summed E-state index contributed by atoms with van der Waals surface area (Å²) >= 11 is 3.36. The number of hydrogen-bond acceptors (Lipinski definition) is 5. The summed E-state index contributed by atoms with van der Waals surface area (Å²) in [7, 11) is 1.99. The van der Waals surface area contributed by atoms with Crippen LogP contribution in [0.15, 0.2) is 28.0 Å². The Morgan fingerprint density at radius 1 is 1.47 bits per heavy atom. The molecule has 0 spiro atoms. The molecule has 1 aromatic rings. The van der Waals surface area contributed by atoms with Crippen LogP contribution in [0.1, 0.15) is 18.5 Å². The summed E-state index contributed by atoms with van der Waals surface area (Å²) in [4.78, 5) is 11.8. The van der Waals surface area contributed by atoms with Crippen LogP contribution in [0.4, 0.5) is 0 Å². The molecule has 2 heterocycles. The van der Waals surface area contributed by atoms with Crippen LogP contribution in [-0.4, -0.2) is 53.6 Å². The zero-order valence-electron chi connectivity index (χ0n) is 10.9. The standard InChI is InChI=1S/C13H18BrN3O2/c1-17(6-7-18)5-4-11-8-13(16-19-11)12-3-2-10(14)9-15-12/h2-3,9,11,18H,4-8H2,1H3. The number of likely N-dealkylation sites (N-methyl/N-ethyl adjacent to an activating group) is 1. The van der Waals surface area contributed by atoms with Gasteiger partial charge < -0.3 is 14.8 Å². The van der Waals surface area contributed by atoms with Gasteiger partial charge in [0.2, 0.25) is 0 Å². The lowest BCUT2D eigenvalue weighted by Gasteiger charge is -2.16. The fourth-order valence-corrected chi connectivity index (χ4v) is 2.16. The van der Waals surface area contributed by atoms with Crippen molar-refractivity contribution >= 4 is 21.6 Å². The van der Waals surface area contributed by atoms with Crippen LogP contribution < -0.4 is 0 Å². The van der Waals surface area contributed by atoms with Gasteiger partial charge in [-0.1, -0.05) is 5.16 Å². The van der Waals surface area contributed by atoms with Crippen LogP contribution in [0.3, 0.4) is 0 Å². The minimum absolute atomic E-state index is 0.113. The Bertz CT molecular complexity index is 436. The average Bonchev–Trinajstić information content (AvgIpc) is 2.86. The smallest absolute Gasteiger partial charge is 0.134 e. The van der Waals surface area contributed by atoms with Gasteiger partial charge in [0.15, 0.2) is 0 Å². The number of pyridine rings is 1. The Labute approximate surface area is 121 Å². The maximum Gasteiger partial charge on any atom is 0.134 e. The summed E-state index contributed by atoms with van der Waals surface area (Å²) in [5, 5.41) is 12.9. The number of aromatic nitrogens is 1. The molecule has 6 heteroatoms. The van der Waals surface area contributed by atoms with E-state index in [0.29, 0.717) is 6.54 Å². The molecule has 1 aliphatic rings. The predicted molar refractivity (Wildman–Crippen MR) is 77.2 cm³/mol. The van der Waals surface area contributed by atoms with E-state index in [1.165, 1.54) is 0 Å². The van der Waals surface area contributed by atoms with Crippen molar-refractivity contribution in [3.05, 3.63) is 28.5 Å². The number of halogens is 1. The Morgan fingerprint density at radius 2 is 2.32 bits per heavy atom. The third-order valence-electron chi connectivity index (χ3n) is 3.07. The third-order valence-corrected chi connectivity index (χ3v) is 3.54. The summed E-state index contributed by atoms with van der Waals surface area (Å²) in [5.41, 5.74) is 1.77. The summed E-state index contributed by atoms with van der Waals surface area (Å²) in [6.07, 6.45) is 3.57. The van der Waals surface area contributed by atoms with Gasteiger partial charge >= 0.3 is 0 Å². The summed E-state index contributed by atoms with van der Waals surface area (Å²) in [6, 6.07) is 3.89. The van der Waals surface area contributed by atoms with Crippen LogP contribution in [0.25, 0.3) is 0 Å². The summed E-state index contributed by atoms with van der Waals surface area (Å²) in [6.45, 7) is 1.77. The van der Waals surface area contributed by atoms with Gasteiger partial charge in [0, 0.05) is 36.6 Å². The van der Waals surface area contributed by atoms with Crippen molar-refractivity contribution in [1.29, 1.82) is 0 Å². The molecule has 0 amide bonds. The molecule has 1 atom stereocenters. The molecular weight excluding hydrogens is 310 g/mol. The molecule has 104 valence electrons. The number of oxime groups is 1. The first-order valence-electron chi connectivity index (χ1n) is 6.33. The van der Waals surface area contributed by atoms with E-state index in [4.69, 9.17) is 9.94 Å². The van der Waals surface area contributed by atoms with E-state index in [-0.39, 0.29) is 12.7 Å². The molecule has 0 radical (unpaired) electrons. The van der Waals surface area contributed by atoms with Crippen LogP contribution in [0.2, 0.25) is 0 Å². The molecule has 1 N–H and O–H groups in total. The van der Waals surface area contributed by atoms with Gasteiger partial charge in [-0.3, -0.25) is 4.98 Å². The number of nitrogens with zero attached hydrogens (tertiary/aromatic N) is 3. The van der Waals surface area contributed by atoms with E-state index in [2.05, 4.69) is 31.0 Å². The third kappa shape index (κ3) is 4.26. The van der Waals surface area contributed by atoms with Crippen LogP contribution >= 0.6 is 15.9 Å². The first-order chi connectivity index (χ1) is 9.19. The van der Waals surface area contributed by atoms with Gasteiger partial charge in [-0.2, -0.15) is 0 Å². The Balaban J connectivity index is 1.81. The molecule has 2 rings (SSSR count). The molecule has 0 fully saturated rings. The number of aliphatic hydroxyl groups is 1. The highest BCUT2D eigenvalue weighted by atomic mass is 79.9. The maximum absolute atomic E-state index is 8.83. The fraction of sp³-hybridized carbons (Fsp3) is 0.538. The van der Waals surface area contributed by atoms with E-state index in [1.54, 1.807) is 6.20 Å². The molecule has 5 nitrogen and oxygen atoms in total. The van der Waals surface area contributed by atoms with E-state index in [9.17, 15) is 0 Å². The van der Waals surface area contributed by atoms with Crippen LogP contribution in [0.5, 0.6) is 0 Å². The molecule has 0 aromatic carbocycles. The Morgan fingerprint density at radius 3 is 3.00 bits per heavy atom. The highest BCUT2D eigenvalue weighted by Gasteiger charge is 2.23. The van der Waals surface area contributed by atoms with Gasteiger partial charge in [0.05, 0.1) is 12.3 Å². The van der Waals surface area contributed by atoms with Crippen molar-refractivity contribution in [3.63, 3.8) is 0 Å². The minimum atomic E-state index is 0.113. The Kier molecular flexibility index (Phi) is 5.30. The highest BCUT2D eigenvalue weighted by molar-refractivity contribution is 9.10. The molecule has 0 saturated heterocycles. The molecular formula is C13H18BrN3O2. The van der Waals surface area contributed by atoms with Crippen molar-refractivity contribution in [2.24, 2.45) is 5.16 Å². The summed E-state index contributed by atoms with van der Waals surface area (Å²) in [5.74, 6) is 0. The largest absolute Gasteiger partial charge is 0.395 e. The molecule has 0 aliphatic carbocycles. The second kappa shape index (κ2) is 6.98. The first kappa shape index (κ1) is 14.4. The lowest BCUT2D eigenvalue weighted by Crippen LogP contribution is -2.26. The summed E-state index contributed by atoms with van der Waals surface area (Å²) < 4.78 is 0.956. The van der Waals surface area contributed by atoms with E-state index >= 15 is 0 Å². The van der Waals surface area contributed by atoms with E-state index < -0.39 is 0 Å². The fourth-order valence-electron chi connectivity index (χ4n) is 1.93. The van der Waals surface area contributed by atoms with Gasteiger partial charge in [-0.15, -0.1) is 0 Å². The predicted octanol–water partition coefficient (Wildman–Crippen LogP) is 1.65. The second-order valence-electron chi connectivity index (χ2n) is 4.65. The number of hydrogen-bond donors (Lipinski definition) is 1. The van der Waals surface area contributed by atoms with Gasteiger partial charge in [-0.25, -0.2) is 0 Å². The molecule has 1 aliphatic heterocycles. The van der Waals surface area contributed by atoms with Crippen molar-refractivity contribution in [1.82, 2.24) is 9.88 Å². The van der Waals surface area contributed by atoms with E-state index in [1.807, 2.05) is 19.2 Å². The topological polar surface area (TPSA) is 58.0 Å². The number of aliphatic hydroxyl groups excluding tert-OH is 1. The minimum Gasteiger partial charge on any atom is -0.395 e. The number of rotatable bonds is 6. The van der Waals surface area contributed by atoms with Crippen LogP contribution in [-0.2, 0) is 4.84 Å². The highest BCUT2D eigenvalue weighted by Crippen LogP contribution is 2.19. The van der Waals surface area contributed by atoms with Gasteiger partial charge in [0.25, 0.3) is 0 Å². The lowest BCUT2D eigenvalue weighted by molar-refractivity contribution is 0.0700. The molecule has 19 heavy (non-hydrogen) atoms. The molecule has 1 aromatic heterocycles. The van der Waals surface area contributed by atoms with Crippen molar-refractivity contribution in [2.75, 3.05) is 26.7 Å². The zero-order valence-corrected chi connectivity index (χ0v) is 12.5. The van der Waals surface area contributed by atoms with Gasteiger partial charge in [0.1, 0.15) is 11.8 Å². The SMILES string of the molecule is CN(CCO)CCC1CC(c2ccc(Br)cn2)=NO1. The zero-order chi connectivity index (χ0) is 13.7.